The predicted octanol–water partition coefficient (Wildman–Crippen LogP) is 3.70. The topological polar surface area (TPSA) is 91.2 Å². The van der Waals surface area contributed by atoms with Crippen LogP contribution in [0.2, 0.25) is 0 Å². The minimum Gasteiger partial charge on any atom is -0.468 e. The third kappa shape index (κ3) is 4.34. The van der Waals surface area contributed by atoms with E-state index in [4.69, 9.17) is 4.42 Å². The molecule has 0 radical (unpaired) electrons. The quantitative estimate of drug-likeness (QED) is 0.474. The Kier molecular flexibility index (Phi) is 5.78. The summed E-state index contributed by atoms with van der Waals surface area (Å²) >= 11 is 1.52. The van der Waals surface area contributed by atoms with Crippen LogP contribution in [0.4, 0.5) is 0 Å². The van der Waals surface area contributed by atoms with Crippen molar-refractivity contribution in [2.24, 2.45) is 0 Å². The molecule has 2 N–H and O–H groups in total. The molecule has 30 heavy (non-hydrogen) atoms. The number of furan rings is 1. The number of hydrogen-bond acceptors (Lipinski definition) is 6. The van der Waals surface area contributed by atoms with Gasteiger partial charge < -0.3 is 14.7 Å². The Hall–Kier alpha value is -3.23. The van der Waals surface area contributed by atoms with Crippen LogP contribution in [0.25, 0.3) is 10.2 Å². The molecule has 7 nitrogen and oxygen atoms in total. The van der Waals surface area contributed by atoms with Gasteiger partial charge in [-0.05, 0) is 50.4 Å². The number of rotatable bonds is 7. The molecule has 4 rings (SSSR count). The summed E-state index contributed by atoms with van der Waals surface area (Å²) in [6, 6.07) is 15.0. The molecule has 0 saturated carbocycles. The number of pyridine rings is 1. The molecule has 1 atom stereocenters. The van der Waals surface area contributed by atoms with Gasteiger partial charge in [-0.1, -0.05) is 12.1 Å². The lowest BCUT2D eigenvalue weighted by Crippen LogP contribution is -2.30. The average Bonchev–Trinajstić information content (AvgIpc) is 3.41. The van der Waals surface area contributed by atoms with Crippen LogP contribution in [-0.2, 0) is 13.1 Å². The van der Waals surface area contributed by atoms with E-state index >= 15 is 0 Å². The van der Waals surface area contributed by atoms with Crippen LogP contribution in [0.15, 0.2) is 64.0 Å². The Balaban J connectivity index is 1.39. The Morgan fingerprint density at radius 2 is 2.07 bits per heavy atom. The van der Waals surface area contributed by atoms with Crippen molar-refractivity contribution in [3.63, 3.8) is 0 Å². The van der Waals surface area contributed by atoms with Crippen molar-refractivity contribution in [2.45, 2.75) is 26.1 Å². The van der Waals surface area contributed by atoms with Crippen LogP contribution in [0.5, 0.6) is 0 Å². The van der Waals surface area contributed by atoms with Crippen LogP contribution in [0.1, 0.15) is 39.8 Å². The molecule has 8 heteroatoms. The first-order valence-corrected chi connectivity index (χ1v) is 10.4. The van der Waals surface area contributed by atoms with E-state index in [9.17, 15) is 9.59 Å². The summed E-state index contributed by atoms with van der Waals surface area (Å²) < 4.78 is 6.51. The van der Waals surface area contributed by atoms with Crippen LogP contribution >= 0.6 is 11.3 Å². The average molecular weight is 423 g/mol. The van der Waals surface area contributed by atoms with E-state index < -0.39 is 11.5 Å². The molecule has 0 bridgehead atoms. The summed E-state index contributed by atoms with van der Waals surface area (Å²) in [6.45, 7) is 2.83. The summed E-state index contributed by atoms with van der Waals surface area (Å²) in [5, 5.41) is 3.58. The largest absolute Gasteiger partial charge is 0.468 e. The van der Waals surface area contributed by atoms with Crippen molar-refractivity contribution < 1.29 is 9.21 Å². The molecule has 0 aliphatic carbocycles. The zero-order valence-electron chi connectivity index (χ0n) is 16.7. The number of carbonyl (C=O) groups excluding carboxylic acids is 1. The lowest BCUT2D eigenvalue weighted by atomic mass is 10.2. The van der Waals surface area contributed by atoms with E-state index in [2.05, 4.69) is 20.2 Å². The Morgan fingerprint density at radius 3 is 2.80 bits per heavy atom. The third-order valence-corrected chi connectivity index (χ3v) is 6.03. The zero-order valence-corrected chi connectivity index (χ0v) is 17.5. The van der Waals surface area contributed by atoms with Crippen molar-refractivity contribution in [1.29, 1.82) is 0 Å². The summed E-state index contributed by atoms with van der Waals surface area (Å²) in [7, 11) is 1.95. The van der Waals surface area contributed by atoms with Gasteiger partial charge in [-0.25, -0.2) is 4.98 Å². The molecule has 3 aromatic heterocycles. The van der Waals surface area contributed by atoms with Crippen molar-refractivity contribution in [3.05, 3.63) is 87.2 Å². The molecule has 0 aliphatic rings. The van der Waals surface area contributed by atoms with Crippen LogP contribution in [0.3, 0.4) is 0 Å². The smallest absolute Gasteiger partial charge is 0.261 e. The number of hydrogen-bond donors (Lipinski definition) is 2. The molecule has 0 spiro atoms. The number of amides is 1. The molecule has 1 amide bonds. The first-order chi connectivity index (χ1) is 14.5. The van der Waals surface area contributed by atoms with Gasteiger partial charge in [-0.3, -0.25) is 14.5 Å². The second-order valence-corrected chi connectivity index (χ2v) is 8.21. The minimum atomic E-state index is -0.417. The van der Waals surface area contributed by atoms with Gasteiger partial charge in [-0.15, -0.1) is 11.3 Å². The number of nitrogens with zero attached hydrogens (tertiary/aromatic N) is 2. The van der Waals surface area contributed by atoms with E-state index in [1.54, 1.807) is 18.4 Å². The van der Waals surface area contributed by atoms with Gasteiger partial charge in [-0.2, -0.15) is 0 Å². The number of thiazole rings is 1. The monoisotopic (exact) mass is 422 g/mol. The lowest BCUT2D eigenvalue weighted by molar-refractivity contribution is 0.0949. The van der Waals surface area contributed by atoms with Gasteiger partial charge >= 0.3 is 0 Å². The number of aromatic amines is 1. The Labute approximate surface area is 177 Å². The summed E-state index contributed by atoms with van der Waals surface area (Å²) in [5.41, 5.74) is 1.31. The highest BCUT2D eigenvalue weighted by Gasteiger charge is 2.16. The highest BCUT2D eigenvalue weighted by Crippen LogP contribution is 2.22. The minimum absolute atomic E-state index is 0.0558. The van der Waals surface area contributed by atoms with Gasteiger partial charge in [0.25, 0.3) is 11.5 Å². The molecule has 3 heterocycles. The normalized spacial score (nSPS) is 12.4. The lowest BCUT2D eigenvalue weighted by Gasteiger charge is -2.22. The van der Waals surface area contributed by atoms with Crippen LogP contribution in [0, 0.1) is 0 Å². The first-order valence-electron chi connectivity index (χ1n) is 9.60. The first kappa shape index (κ1) is 20.1. The molecule has 0 fully saturated rings. The summed E-state index contributed by atoms with van der Waals surface area (Å²) in [4.78, 5) is 34.3. The standard InChI is InChI=1S/C22H22N4O3S/c1-14(18-7-5-11-29-18)26(2)13-15-9-10-16(22(28)24-15)21(27)23-12-20-25-17-6-3-4-8-19(17)30-20/h3-11,14H,12-13H2,1-2H3,(H,23,27)(H,24,28). The van der Waals surface area contributed by atoms with E-state index in [1.165, 1.54) is 11.3 Å². The van der Waals surface area contributed by atoms with Crippen molar-refractivity contribution >= 4 is 27.5 Å². The fourth-order valence-electron chi connectivity index (χ4n) is 3.18. The molecule has 1 unspecified atom stereocenters. The van der Waals surface area contributed by atoms with E-state index in [0.717, 1.165) is 26.7 Å². The van der Waals surface area contributed by atoms with Gasteiger partial charge in [0, 0.05) is 12.2 Å². The Bertz CT molecular complexity index is 1180. The molecular formula is C22H22N4O3S. The molecule has 4 aromatic rings. The van der Waals surface area contributed by atoms with Gasteiger partial charge in [0.05, 0.1) is 29.1 Å². The van der Waals surface area contributed by atoms with Gasteiger partial charge in [0.2, 0.25) is 0 Å². The molecule has 0 aliphatic heterocycles. The van der Waals surface area contributed by atoms with E-state index in [0.29, 0.717) is 6.54 Å². The number of H-pyrrole nitrogens is 1. The highest BCUT2D eigenvalue weighted by atomic mass is 32.1. The maximum Gasteiger partial charge on any atom is 0.261 e. The number of para-hydroxylation sites is 1. The predicted molar refractivity (Wildman–Crippen MR) is 116 cm³/mol. The number of carbonyl (C=O) groups is 1. The fourth-order valence-corrected chi connectivity index (χ4v) is 4.09. The van der Waals surface area contributed by atoms with Crippen molar-refractivity contribution in [2.75, 3.05) is 7.05 Å². The molecule has 154 valence electrons. The maximum atomic E-state index is 12.5. The molecular weight excluding hydrogens is 400 g/mol. The van der Waals surface area contributed by atoms with E-state index in [1.807, 2.05) is 50.4 Å². The highest BCUT2D eigenvalue weighted by molar-refractivity contribution is 7.18. The van der Waals surface area contributed by atoms with Crippen molar-refractivity contribution in [3.8, 4) is 0 Å². The second-order valence-electron chi connectivity index (χ2n) is 7.09. The third-order valence-electron chi connectivity index (χ3n) is 4.99. The van der Waals surface area contributed by atoms with Crippen LogP contribution in [-0.4, -0.2) is 27.8 Å². The number of nitrogens with one attached hydrogen (secondary N) is 2. The molecule has 0 saturated heterocycles. The van der Waals surface area contributed by atoms with Crippen LogP contribution < -0.4 is 10.9 Å². The number of aromatic nitrogens is 2. The fraction of sp³-hybridized carbons (Fsp3) is 0.227. The van der Waals surface area contributed by atoms with E-state index in [-0.39, 0.29) is 18.2 Å². The summed E-state index contributed by atoms with van der Waals surface area (Å²) in [5.74, 6) is 0.435. The molecule has 1 aromatic carbocycles. The number of benzene rings is 1. The van der Waals surface area contributed by atoms with Gasteiger partial charge in [0.15, 0.2) is 0 Å². The summed E-state index contributed by atoms with van der Waals surface area (Å²) in [6.07, 6.45) is 1.64. The van der Waals surface area contributed by atoms with Crippen molar-refractivity contribution in [1.82, 2.24) is 20.2 Å². The number of fused-ring (bicyclic) bond motifs is 1. The Morgan fingerprint density at radius 1 is 1.23 bits per heavy atom. The van der Waals surface area contributed by atoms with Gasteiger partial charge in [0.1, 0.15) is 16.3 Å². The zero-order chi connectivity index (χ0) is 21.1. The SMILES string of the molecule is CC(c1ccco1)N(C)Cc1ccc(C(=O)NCc2nc3ccccc3s2)c(=O)[nH]1. The maximum absolute atomic E-state index is 12.5. The second kappa shape index (κ2) is 8.64.